The fourth-order valence-corrected chi connectivity index (χ4v) is 5.02. The molecule has 0 saturated carbocycles. The molecule has 0 bridgehead atoms. The van der Waals surface area contributed by atoms with Crippen molar-refractivity contribution in [2.24, 2.45) is 0 Å². The molecule has 0 aliphatic carbocycles. The van der Waals surface area contributed by atoms with E-state index < -0.39 is 0 Å². The summed E-state index contributed by atoms with van der Waals surface area (Å²) in [5.41, 5.74) is 2.18. The molecule has 2 N–H and O–H groups in total. The van der Waals surface area contributed by atoms with E-state index in [2.05, 4.69) is 20.4 Å². The molecule has 2 aliphatic heterocycles. The van der Waals surface area contributed by atoms with Gasteiger partial charge in [0.15, 0.2) is 0 Å². The molecule has 194 valence electrons. The van der Waals surface area contributed by atoms with Gasteiger partial charge in [0, 0.05) is 49.5 Å². The first-order valence-corrected chi connectivity index (χ1v) is 13.0. The summed E-state index contributed by atoms with van der Waals surface area (Å²) >= 11 is 0. The maximum Gasteiger partial charge on any atom is 0.253 e. The number of anilines is 1. The number of para-hydroxylation sites is 1. The molecule has 8 heteroatoms. The Kier molecular flexibility index (Phi) is 9.06. The van der Waals surface area contributed by atoms with Crippen LogP contribution in [0.25, 0.3) is 0 Å². The third kappa shape index (κ3) is 6.69. The largest absolute Gasteiger partial charge is 0.497 e. The molecule has 2 saturated heterocycles. The van der Waals surface area contributed by atoms with Crippen LogP contribution in [0.15, 0.2) is 42.5 Å². The van der Waals surface area contributed by atoms with Crippen molar-refractivity contribution in [1.29, 1.82) is 0 Å². The number of hydrogen-bond acceptors (Lipinski definition) is 6. The van der Waals surface area contributed by atoms with Gasteiger partial charge in [0.1, 0.15) is 11.5 Å². The van der Waals surface area contributed by atoms with E-state index in [0.29, 0.717) is 29.2 Å². The Balaban J connectivity index is 1.30. The smallest absolute Gasteiger partial charge is 0.253 e. The number of likely N-dealkylation sites (tertiary alicyclic amines) is 1. The predicted octanol–water partition coefficient (Wildman–Crippen LogP) is 3.32. The van der Waals surface area contributed by atoms with Gasteiger partial charge in [0.05, 0.1) is 19.8 Å². The number of methoxy groups -OCH3 is 2. The standard InChI is InChI=1S/C28H38N4O4/c1-35-23-18-21(19-24(20-23)36-2)27(33)30-22-10-15-32(16-11-22)26-9-5-4-8-25(26)28(34)29-12-17-31-13-6-3-7-14-31/h4-5,8-9,18-20,22H,3,6-7,10-17H2,1-2H3,(H,29,34)(H,30,33). The molecule has 2 aliphatic rings. The summed E-state index contributed by atoms with van der Waals surface area (Å²) in [7, 11) is 3.14. The minimum atomic E-state index is -0.140. The second-order valence-electron chi connectivity index (χ2n) is 9.51. The van der Waals surface area contributed by atoms with Gasteiger partial charge in [-0.15, -0.1) is 0 Å². The molecule has 0 unspecified atom stereocenters. The molecule has 36 heavy (non-hydrogen) atoms. The molecule has 2 aromatic carbocycles. The zero-order valence-corrected chi connectivity index (χ0v) is 21.4. The number of hydrogen-bond donors (Lipinski definition) is 2. The van der Waals surface area contributed by atoms with E-state index in [0.717, 1.165) is 51.3 Å². The van der Waals surface area contributed by atoms with Crippen LogP contribution in [-0.2, 0) is 0 Å². The minimum Gasteiger partial charge on any atom is -0.497 e. The van der Waals surface area contributed by atoms with Gasteiger partial charge in [0.2, 0.25) is 0 Å². The SMILES string of the molecule is COc1cc(OC)cc(C(=O)NC2CCN(c3ccccc3C(=O)NCCN3CCCCC3)CC2)c1. The Bertz CT molecular complexity index is 1010. The second-order valence-corrected chi connectivity index (χ2v) is 9.51. The van der Waals surface area contributed by atoms with Gasteiger partial charge in [-0.05, 0) is 63.0 Å². The van der Waals surface area contributed by atoms with Crippen molar-refractivity contribution in [2.45, 2.75) is 38.1 Å². The van der Waals surface area contributed by atoms with Crippen LogP contribution >= 0.6 is 0 Å². The number of nitrogens with one attached hydrogen (secondary N) is 2. The Morgan fingerprint density at radius 3 is 2.22 bits per heavy atom. The lowest BCUT2D eigenvalue weighted by Gasteiger charge is -2.35. The highest BCUT2D eigenvalue weighted by Gasteiger charge is 2.24. The Morgan fingerprint density at radius 2 is 1.56 bits per heavy atom. The lowest BCUT2D eigenvalue weighted by molar-refractivity contribution is 0.0928. The topological polar surface area (TPSA) is 83.1 Å². The Labute approximate surface area is 213 Å². The van der Waals surface area contributed by atoms with E-state index in [-0.39, 0.29) is 17.9 Å². The normalized spacial score (nSPS) is 16.9. The van der Waals surface area contributed by atoms with Crippen LogP contribution in [0.2, 0.25) is 0 Å². The van der Waals surface area contributed by atoms with E-state index in [1.165, 1.54) is 19.3 Å². The molecule has 4 rings (SSSR count). The molecule has 8 nitrogen and oxygen atoms in total. The highest BCUT2D eigenvalue weighted by atomic mass is 16.5. The molecule has 0 radical (unpaired) electrons. The summed E-state index contributed by atoms with van der Waals surface area (Å²) in [5, 5.41) is 6.26. The molecule has 2 heterocycles. The maximum atomic E-state index is 13.0. The number of carbonyl (C=O) groups is 2. The number of rotatable bonds is 9. The molecule has 0 aromatic heterocycles. The van der Waals surface area contributed by atoms with Crippen molar-refractivity contribution in [1.82, 2.24) is 15.5 Å². The lowest BCUT2D eigenvalue weighted by atomic mass is 10.0. The third-order valence-electron chi connectivity index (χ3n) is 7.10. The molecular formula is C28H38N4O4. The molecule has 0 atom stereocenters. The first-order chi connectivity index (χ1) is 17.6. The van der Waals surface area contributed by atoms with Gasteiger partial charge in [-0.3, -0.25) is 9.59 Å². The lowest BCUT2D eigenvalue weighted by Crippen LogP contribution is -2.45. The van der Waals surface area contributed by atoms with Crippen LogP contribution in [0.4, 0.5) is 5.69 Å². The average molecular weight is 495 g/mol. The molecule has 2 amide bonds. The zero-order chi connectivity index (χ0) is 25.3. The number of carbonyl (C=O) groups excluding carboxylic acids is 2. The van der Waals surface area contributed by atoms with Crippen LogP contribution < -0.4 is 25.0 Å². The summed E-state index contributed by atoms with van der Waals surface area (Å²) in [6.07, 6.45) is 5.42. The summed E-state index contributed by atoms with van der Waals surface area (Å²) in [6, 6.07) is 13.0. The molecular weight excluding hydrogens is 456 g/mol. The van der Waals surface area contributed by atoms with Crippen molar-refractivity contribution in [3.63, 3.8) is 0 Å². The predicted molar refractivity (Wildman–Crippen MR) is 141 cm³/mol. The number of ether oxygens (including phenoxy) is 2. The maximum absolute atomic E-state index is 13.0. The van der Waals surface area contributed by atoms with Gasteiger partial charge < -0.3 is 29.9 Å². The van der Waals surface area contributed by atoms with Gasteiger partial charge in [-0.25, -0.2) is 0 Å². The average Bonchev–Trinajstić information content (AvgIpc) is 2.93. The zero-order valence-electron chi connectivity index (χ0n) is 21.4. The third-order valence-corrected chi connectivity index (χ3v) is 7.10. The van der Waals surface area contributed by atoms with Gasteiger partial charge >= 0.3 is 0 Å². The van der Waals surface area contributed by atoms with Crippen LogP contribution in [0.1, 0.15) is 52.8 Å². The molecule has 2 aromatic rings. The Hall–Kier alpha value is -3.26. The van der Waals surface area contributed by atoms with Crippen LogP contribution in [0.3, 0.4) is 0 Å². The quantitative estimate of drug-likeness (QED) is 0.557. The fraction of sp³-hybridized carbons (Fsp3) is 0.500. The number of amides is 2. The monoisotopic (exact) mass is 494 g/mol. The van der Waals surface area contributed by atoms with Crippen molar-refractivity contribution in [2.75, 3.05) is 58.4 Å². The van der Waals surface area contributed by atoms with Crippen molar-refractivity contribution >= 4 is 17.5 Å². The Morgan fingerprint density at radius 1 is 0.889 bits per heavy atom. The minimum absolute atomic E-state index is 0.0231. The highest BCUT2D eigenvalue weighted by molar-refractivity contribution is 6.00. The van der Waals surface area contributed by atoms with E-state index in [1.807, 2.05) is 24.3 Å². The number of nitrogens with zero attached hydrogens (tertiary/aromatic N) is 2. The van der Waals surface area contributed by atoms with E-state index >= 15 is 0 Å². The van der Waals surface area contributed by atoms with Crippen molar-refractivity contribution < 1.29 is 19.1 Å². The van der Waals surface area contributed by atoms with Crippen molar-refractivity contribution in [3.8, 4) is 11.5 Å². The van der Waals surface area contributed by atoms with E-state index in [9.17, 15) is 9.59 Å². The number of piperidine rings is 2. The van der Waals surface area contributed by atoms with Crippen LogP contribution in [0, 0.1) is 0 Å². The van der Waals surface area contributed by atoms with Crippen LogP contribution in [-0.4, -0.2) is 76.2 Å². The van der Waals surface area contributed by atoms with Gasteiger partial charge in [-0.2, -0.15) is 0 Å². The summed E-state index contributed by atoms with van der Waals surface area (Å²) < 4.78 is 10.6. The first kappa shape index (κ1) is 25.8. The van der Waals surface area contributed by atoms with E-state index in [1.54, 1.807) is 32.4 Å². The molecule has 2 fully saturated rings. The second kappa shape index (κ2) is 12.6. The highest BCUT2D eigenvalue weighted by Crippen LogP contribution is 2.26. The van der Waals surface area contributed by atoms with Gasteiger partial charge in [-0.1, -0.05) is 18.6 Å². The van der Waals surface area contributed by atoms with Gasteiger partial charge in [0.25, 0.3) is 11.8 Å². The van der Waals surface area contributed by atoms with Crippen LogP contribution in [0.5, 0.6) is 11.5 Å². The first-order valence-electron chi connectivity index (χ1n) is 13.0. The summed E-state index contributed by atoms with van der Waals surface area (Å²) in [5.74, 6) is 1.00. The fourth-order valence-electron chi connectivity index (χ4n) is 5.02. The van der Waals surface area contributed by atoms with Crippen molar-refractivity contribution in [3.05, 3.63) is 53.6 Å². The number of benzene rings is 2. The molecule has 0 spiro atoms. The summed E-state index contributed by atoms with van der Waals surface area (Å²) in [4.78, 5) is 30.5. The summed E-state index contributed by atoms with van der Waals surface area (Å²) in [6.45, 7) is 5.36. The van der Waals surface area contributed by atoms with E-state index in [4.69, 9.17) is 9.47 Å².